The van der Waals surface area contributed by atoms with Gasteiger partial charge in [-0.1, -0.05) is 49.7 Å². The molecule has 1 heterocycles. The van der Waals surface area contributed by atoms with Crippen molar-refractivity contribution >= 4 is 27.3 Å². The number of para-hydroxylation sites is 1. The number of aryl methyl sites for hydroxylation is 1. The third kappa shape index (κ3) is 4.69. The van der Waals surface area contributed by atoms with Crippen molar-refractivity contribution in [3.8, 4) is 0 Å². The Labute approximate surface area is 161 Å². The largest absolute Gasteiger partial charge is 0.312 e. The van der Waals surface area contributed by atoms with Crippen LogP contribution < -0.4 is 9.62 Å². The fourth-order valence-electron chi connectivity index (χ4n) is 3.51. The Morgan fingerprint density at radius 2 is 1.85 bits per heavy atom. The summed E-state index contributed by atoms with van der Waals surface area (Å²) in [4.78, 5) is 14.8. The van der Waals surface area contributed by atoms with Gasteiger partial charge in [-0.2, -0.15) is 0 Å². The van der Waals surface area contributed by atoms with Gasteiger partial charge in [-0.25, -0.2) is 8.42 Å². The number of benzene rings is 2. The number of nitrogens with one attached hydrogen (secondary N) is 1. The SMILES string of the molecule is Cc1ccc(NS(=O)(=O)CC(C)C(=O)N2CC(C)Cc3ccccc32)cc1. The molecule has 27 heavy (non-hydrogen) atoms. The van der Waals surface area contributed by atoms with Crippen LogP contribution in [0.15, 0.2) is 48.5 Å². The number of carbonyl (C=O) groups is 1. The summed E-state index contributed by atoms with van der Waals surface area (Å²) in [5.41, 5.74) is 3.60. The molecular weight excluding hydrogens is 360 g/mol. The van der Waals surface area contributed by atoms with E-state index in [-0.39, 0.29) is 11.7 Å². The van der Waals surface area contributed by atoms with E-state index in [4.69, 9.17) is 0 Å². The van der Waals surface area contributed by atoms with Crippen LogP contribution in [0.1, 0.15) is 25.0 Å². The molecule has 3 rings (SSSR count). The van der Waals surface area contributed by atoms with Gasteiger partial charge >= 0.3 is 0 Å². The summed E-state index contributed by atoms with van der Waals surface area (Å²) >= 11 is 0. The van der Waals surface area contributed by atoms with E-state index in [1.165, 1.54) is 0 Å². The number of hydrogen-bond donors (Lipinski definition) is 1. The summed E-state index contributed by atoms with van der Waals surface area (Å²) in [6, 6.07) is 15.0. The molecule has 0 spiro atoms. The van der Waals surface area contributed by atoms with Crippen LogP contribution in [0.4, 0.5) is 11.4 Å². The van der Waals surface area contributed by atoms with Gasteiger partial charge in [0.15, 0.2) is 0 Å². The maximum absolute atomic E-state index is 13.0. The summed E-state index contributed by atoms with van der Waals surface area (Å²) in [6.07, 6.45) is 0.932. The highest BCUT2D eigenvalue weighted by molar-refractivity contribution is 7.92. The van der Waals surface area contributed by atoms with Crippen LogP contribution >= 0.6 is 0 Å². The highest BCUT2D eigenvalue weighted by Gasteiger charge is 2.31. The van der Waals surface area contributed by atoms with E-state index in [9.17, 15) is 13.2 Å². The quantitative estimate of drug-likeness (QED) is 0.854. The van der Waals surface area contributed by atoms with Gasteiger partial charge < -0.3 is 4.90 Å². The third-order valence-electron chi connectivity index (χ3n) is 4.83. The highest BCUT2D eigenvalue weighted by Crippen LogP contribution is 2.30. The van der Waals surface area contributed by atoms with Crippen molar-refractivity contribution in [2.75, 3.05) is 21.9 Å². The topological polar surface area (TPSA) is 66.5 Å². The number of carbonyl (C=O) groups excluding carboxylic acids is 1. The van der Waals surface area contributed by atoms with E-state index in [0.717, 1.165) is 23.2 Å². The maximum Gasteiger partial charge on any atom is 0.233 e. The second-order valence-corrected chi connectivity index (χ2v) is 9.30. The summed E-state index contributed by atoms with van der Waals surface area (Å²) in [6.45, 7) is 6.34. The fourth-order valence-corrected chi connectivity index (χ4v) is 4.89. The lowest BCUT2D eigenvalue weighted by molar-refractivity contribution is -0.121. The molecule has 1 aliphatic heterocycles. The van der Waals surface area contributed by atoms with Crippen LogP contribution in [-0.4, -0.2) is 26.6 Å². The Morgan fingerprint density at radius 1 is 1.19 bits per heavy atom. The van der Waals surface area contributed by atoms with E-state index >= 15 is 0 Å². The lowest BCUT2D eigenvalue weighted by Gasteiger charge is -2.34. The Hall–Kier alpha value is -2.34. The molecule has 1 aliphatic rings. The second-order valence-electron chi connectivity index (χ2n) is 7.54. The molecular formula is C21H26N2O3S. The predicted octanol–water partition coefficient (Wildman–Crippen LogP) is 3.60. The molecule has 1 amide bonds. The monoisotopic (exact) mass is 386 g/mol. The minimum Gasteiger partial charge on any atom is -0.312 e. The Balaban J connectivity index is 1.73. The molecule has 0 aliphatic carbocycles. The van der Waals surface area contributed by atoms with Crippen molar-refractivity contribution in [2.45, 2.75) is 27.2 Å². The van der Waals surface area contributed by atoms with Crippen LogP contribution in [0, 0.1) is 18.8 Å². The highest BCUT2D eigenvalue weighted by atomic mass is 32.2. The first-order valence-corrected chi connectivity index (χ1v) is 10.9. The Kier molecular flexibility index (Phi) is 5.56. The van der Waals surface area contributed by atoms with Gasteiger partial charge in [-0.3, -0.25) is 9.52 Å². The number of anilines is 2. The van der Waals surface area contributed by atoms with Gasteiger partial charge in [0.2, 0.25) is 15.9 Å². The van der Waals surface area contributed by atoms with Crippen molar-refractivity contribution < 1.29 is 13.2 Å². The lowest BCUT2D eigenvalue weighted by atomic mass is 9.93. The van der Waals surface area contributed by atoms with Crippen LogP contribution in [-0.2, 0) is 21.2 Å². The lowest BCUT2D eigenvalue weighted by Crippen LogP contribution is -2.43. The summed E-state index contributed by atoms with van der Waals surface area (Å²) in [7, 11) is -3.62. The second kappa shape index (κ2) is 7.72. The number of nitrogens with zero attached hydrogens (tertiary/aromatic N) is 1. The van der Waals surface area contributed by atoms with Crippen molar-refractivity contribution in [1.29, 1.82) is 0 Å². The van der Waals surface area contributed by atoms with E-state index in [0.29, 0.717) is 18.2 Å². The number of rotatable bonds is 5. The number of amides is 1. The van der Waals surface area contributed by atoms with Gasteiger partial charge in [0.05, 0.1) is 11.7 Å². The Bertz CT molecular complexity index is 923. The van der Waals surface area contributed by atoms with Gasteiger partial charge in [0.1, 0.15) is 0 Å². The molecule has 1 N–H and O–H groups in total. The number of fused-ring (bicyclic) bond motifs is 1. The van der Waals surface area contributed by atoms with Crippen molar-refractivity contribution in [1.82, 2.24) is 0 Å². The fraction of sp³-hybridized carbons (Fsp3) is 0.381. The molecule has 0 fully saturated rings. The van der Waals surface area contributed by atoms with Gasteiger partial charge in [0.25, 0.3) is 0 Å². The molecule has 2 atom stereocenters. The molecule has 0 radical (unpaired) electrons. The van der Waals surface area contributed by atoms with Crippen LogP contribution in [0.3, 0.4) is 0 Å². The zero-order valence-corrected chi connectivity index (χ0v) is 16.8. The molecule has 0 bridgehead atoms. The first-order chi connectivity index (χ1) is 12.7. The molecule has 144 valence electrons. The summed E-state index contributed by atoms with van der Waals surface area (Å²) in [5.74, 6) is -0.680. The average Bonchev–Trinajstić information content (AvgIpc) is 2.61. The zero-order valence-electron chi connectivity index (χ0n) is 16.0. The van der Waals surface area contributed by atoms with Gasteiger partial charge in [0, 0.05) is 17.9 Å². The molecule has 2 unspecified atom stereocenters. The standard InChI is InChI=1S/C21H26N2O3S/c1-15-8-10-19(11-9-15)22-27(25,26)14-17(3)21(24)23-13-16(2)12-18-6-4-5-7-20(18)23/h4-11,16-17,22H,12-14H2,1-3H3. The van der Waals surface area contributed by atoms with Crippen molar-refractivity contribution in [3.05, 3.63) is 59.7 Å². The smallest absolute Gasteiger partial charge is 0.233 e. The van der Waals surface area contributed by atoms with Gasteiger partial charge in [-0.05, 0) is 43.0 Å². The third-order valence-corrected chi connectivity index (χ3v) is 6.31. The molecule has 5 nitrogen and oxygen atoms in total. The van der Waals surface area contributed by atoms with Crippen molar-refractivity contribution in [2.24, 2.45) is 11.8 Å². The number of sulfonamides is 1. The van der Waals surface area contributed by atoms with Gasteiger partial charge in [-0.15, -0.1) is 0 Å². The number of hydrogen-bond acceptors (Lipinski definition) is 3. The van der Waals surface area contributed by atoms with Crippen molar-refractivity contribution in [3.63, 3.8) is 0 Å². The zero-order chi connectivity index (χ0) is 19.6. The average molecular weight is 387 g/mol. The molecule has 0 saturated carbocycles. The Morgan fingerprint density at radius 3 is 2.56 bits per heavy atom. The van der Waals surface area contributed by atoms with Crippen LogP contribution in [0.5, 0.6) is 0 Å². The predicted molar refractivity (Wildman–Crippen MR) is 109 cm³/mol. The normalized spacial score (nSPS) is 17.9. The van der Waals surface area contributed by atoms with E-state index in [2.05, 4.69) is 11.6 Å². The molecule has 2 aromatic carbocycles. The maximum atomic E-state index is 13.0. The van der Waals surface area contributed by atoms with Crippen LogP contribution in [0.25, 0.3) is 0 Å². The van der Waals surface area contributed by atoms with E-state index in [1.54, 1.807) is 24.0 Å². The minimum absolute atomic E-state index is 0.150. The minimum atomic E-state index is -3.62. The van der Waals surface area contributed by atoms with E-state index in [1.807, 2.05) is 43.3 Å². The van der Waals surface area contributed by atoms with E-state index < -0.39 is 15.9 Å². The first-order valence-electron chi connectivity index (χ1n) is 9.21. The molecule has 0 saturated heterocycles. The first kappa shape index (κ1) is 19.4. The molecule has 0 aromatic heterocycles. The molecule has 6 heteroatoms. The molecule has 2 aromatic rings. The summed E-state index contributed by atoms with van der Waals surface area (Å²) < 4.78 is 27.6. The van der Waals surface area contributed by atoms with Crippen LogP contribution in [0.2, 0.25) is 0 Å². The summed E-state index contributed by atoms with van der Waals surface area (Å²) in [5, 5.41) is 0.